The molecule has 2 aromatic rings. The monoisotopic (exact) mass is 447 g/mol. The van der Waals surface area contributed by atoms with Gasteiger partial charge < -0.3 is 10.1 Å². The zero-order chi connectivity index (χ0) is 21.1. The van der Waals surface area contributed by atoms with Crippen molar-refractivity contribution in [2.45, 2.75) is 71.1 Å². The Morgan fingerprint density at radius 2 is 2.03 bits per heavy atom. The normalized spacial score (nSPS) is 22.6. The van der Waals surface area contributed by atoms with E-state index >= 15 is 0 Å². The van der Waals surface area contributed by atoms with Gasteiger partial charge >= 0.3 is 0 Å². The summed E-state index contributed by atoms with van der Waals surface area (Å²) in [5, 5.41) is 7.14. The van der Waals surface area contributed by atoms with E-state index < -0.39 is 0 Å². The lowest BCUT2D eigenvalue weighted by Gasteiger charge is -2.58. The lowest BCUT2D eigenvalue weighted by Crippen LogP contribution is -2.64. The Morgan fingerprint density at radius 3 is 2.70 bits per heavy atom. The lowest BCUT2D eigenvalue weighted by atomic mass is 9.55. The van der Waals surface area contributed by atoms with Gasteiger partial charge in [-0.2, -0.15) is 0 Å². The average Bonchev–Trinajstić information content (AvgIpc) is 3.20. The van der Waals surface area contributed by atoms with Crippen LogP contribution >= 0.6 is 22.9 Å². The molecular weight excluding hydrogens is 418 g/mol. The molecule has 2 atom stereocenters. The van der Waals surface area contributed by atoms with Gasteiger partial charge in [-0.3, -0.25) is 9.69 Å². The van der Waals surface area contributed by atoms with Crippen molar-refractivity contribution in [2.24, 2.45) is 5.41 Å². The smallest absolute Gasteiger partial charge is 0.230 e. The quantitative estimate of drug-likeness (QED) is 0.591. The minimum atomic E-state index is -0.0640. The molecule has 1 aromatic heterocycles. The Morgan fingerprint density at radius 1 is 1.30 bits per heavy atom. The fraction of sp³-hybridized carbons (Fsp3) is 0.565. The van der Waals surface area contributed by atoms with E-state index in [4.69, 9.17) is 21.3 Å². The van der Waals surface area contributed by atoms with E-state index in [1.54, 1.807) is 24.0 Å². The largest absolute Gasteiger partial charge is 0.378 e. The summed E-state index contributed by atoms with van der Waals surface area (Å²) in [4.78, 5) is 18.7. The average molecular weight is 448 g/mol. The minimum absolute atomic E-state index is 0.0640. The van der Waals surface area contributed by atoms with Gasteiger partial charge in [0.1, 0.15) is 0 Å². The molecule has 1 N–H and O–H groups in total. The zero-order valence-electron chi connectivity index (χ0n) is 17.7. The van der Waals surface area contributed by atoms with Crippen LogP contribution in [0.2, 0.25) is 5.02 Å². The van der Waals surface area contributed by atoms with Crippen LogP contribution in [0.15, 0.2) is 29.6 Å². The number of anilines is 2. The van der Waals surface area contributed by atoms with E-state index in [9.17, 15) is 4.79 Å². The Bertz CT molecular complexity index is 864. The number of amides is 1. The van der Waals surface area contributed by atoms with Gasteiger partial charge in [-0.15, -0.1) is 11.3 Å². The van der Waals surface area contributed by atoms with E-state index in [2.05, 4.69) is 12.2 Å². The maximum atomic E-state index is 12.3. The molecule has 162 valence electrons. The van der Waals surface area contributed by atoms with Gasteiger partial charge in [-0.1, -0.05) is 30.9 Å². The maximum absolute atomic E-state index is 12.3. The van der Waals surface area contributed by atoms with Gasteiger partial charge in [-0.05, 0) is 50.5 Å². The third-order valence-corrected chi connectivity index (χ3v) is 7.72. The van der Waals surface area contributed by atoms with Gasteiger partial charge in [0.15, 0.2) is 5.13 Å². The molecule has 2 fully saturated rings. The number of hydrogen-bond acceptors (Lipinski definition) is 5. The predicted octanol–water partition coefficient (Wildman–Crippen LogP) is 5.70. The highest BCUT2D eigenvalue weighted by molar-refractivity contribution is 7.14. The minimum Gasteiger partial charge on any atom is -0.378 e. The summed E-state index contributed by atoms with van der Waals surface area (Å²) >= 11 is 7.49. The van der Waals surface area contributed by atoms with Crippen molar-refractivity contribution in [1.29, 1.82) is 0 Å². The number of nitrogens with zero attached hydrogens (tertiary/aromatic N) is 2. The summed E-state index contributed by atoms with van der Waals surface area (Å²) in [6.45, 7) is 5.16. The van der Waals surface area contributed by atoms with E-state index in [-0.39, 0.29) is 5.91 Å². The summed E-state index contributed by atoms with van der Waals surface area (Å²) in [6, 6.07) is 7.76. The number of carbonyl (C=O) groups excluding carboxylic acids is 1. The Hall–Kier alpha value is -1.47. The first-order valence-corrected chi connectivity index (χ1v) is 12.1. The van der Waals surface area contributed by atoms with Crippen LogP contribution < -0.4 is 10.2 Å². The Balaban J connectivity index is 1.43. The van der Waals surface area contributed by atoms with Crippen LogP contribution in [0.4, 0.5) is 10.8 Å². The van der Waals surface area contributed by atoms with Crippen LogP contribution in [0.3, 0.4) is 0 Å². The van der Waals surface area contributed by atoms with Crippen LogP contribution in [0.25, 0.3) is 0 Å². The molecule has 4 rings (SSSR count). The van der Waals surface area contributed by atoms with E-state index in [0.29, 0.717) is 34.3 Å². The first-order valence-electron chi connectivity index (χ1n) is 10.9. The summed E-state index contributed by atoms with van der Waals surface area (Å²) in [5.74, 6) is -0.0640. The van der Waals surface area contributed by atoms with Crippen molar-refractivity contribution in [1.82, 2.24) is 10.3 Å². The molecule has 1 amide bonds. The van der Waals surface area contributed by atoms with E-state index in [1.165, 1.54) is 43.4 Å². The fourth-order valence-electron chi connectivity index (χ4n) is 5.07. The summed E-state index contributed by atoms with van der Waals surface area (Å²) in [5.41, 5.74) is 2.04. The first kappa shape index (κ1) is 21.8. The molecule has 0 radical (unpaired) electrons. The second-order valence-corrected chi connectivity index (χ2v) is 9.63. The second-order valence-electron chi connectivity index (χ2n) is 8.36. The number of rotatable bonds is 7. The van der Waals surface area contributed by atoms with Crippen molar-refractivity contribution in [3.63, 3.8) is 0 Å². The molecule has 0 unspecified atom stereocenters. The first-order chi connectivity index (χ1) is 14.5. The topological polar surface area (TPSA) is 54.5 Å². The maximum Gasteiger partial charge on any atom is 0.230 e. The Labute approximate surface area is 187 Å². The van der Waals surface area contributed by atoms with Gasteiger partial charge in [0.05, 0.1) is 17.5 Å². The molecule has 2 aliphatic carbocycles. The standard InChI is InChI=1S/C23H30ClN3O2S/c1-3-29-21-13-20(23(21)11-5-4-6-12-23)25-14-18-15-30-22(26-18)27(16(2)28)19-9-7-17(24)8-10-19/h7-10,15,20-21,25H,3-6,11-14H2,1-2H3/t20-,21+/m0/s1. The number of carbonyl (C=O) groups is 1. The van der Waals surface area contributed by atoms with Gasteiger partial charge in [-0.25, -0.2) is 4.98 Å². The molecule has 7 heteroatoms. The number of benzene rings is 1. The van der Waals surface area contributed by atoms with Crippen LogP contribution in [-0.4, -0.2) is 29.6 Å². The lowest BCUT2D eigenvalue weighted by molar-refractivity contribution is -0.150. The molecule has 1 heterocycles. The number of aromatic nitrogens is 1. The molecule has 30 heavy (non-hydrogen) atoms. The summed E-state index contributed by atoms with van der Waals surface area (Å²) < 4.78 is 6.07. The molecule has 1 aromatic carbocycles. The molecule has 5 nitrogen and oxygen atoms in total. The molecule has 2 aliphatic rings. The van der Waals surface area contributed by atoms with Crippen molar-refractivity contribution in [3.05, 3.63) is 40.4 Å². The molecule has 1 spiro atoms. The number of nitrogens with one attached hydrogen (secondary N) is 1. The molecule has 0 saturated heterocycles. The van der Waals surface area contributed by atoms with Gasteiger partial charge in [0, 0.05) is 41.9 Å². The van der Waals surface area contributed by atoms with Gasteiger partial charge in [0.2, 0.25) is 5.91 Å². The third-order valence-electron chi connectivity index (χ3n) is 6.60. The van der Waals surface area contributed by atoms with Crippen LogP contribution in [0.1, 0.15) is 58.1 Å². The van der Waals surface area contributed by atoms with Crippen molar-refractivity contribution in [2.75, 3.05) is 11.5 Å². The number of thiazole rings is 1. The number of ether oxygens (including phenoxy) is 1. The number of halogens is 1. The van der Waals surface area contributed by atoms with Crippen molar-refractivity contribution < 1.29 is 9.53 Å². The molecule has 0 aliphatic heterocycles. The Kier molecular flexibility index (Phi) is 6.78. The zero-order valence-corrected chi connectivity index (χ0v) is 19.3. The van der Waals surface area contributed by atoms with E-state index in [1.807, 2.05) is 17.5 Å². The van der Waals surface area contributed by atoms with Crippen molar-refractivity contribution >= 4 is 39.7 Å². The molecule has 0 bridgehead atoms. The highest BCUT2D eigenvalue weighted by atomic mass is 35.5. The summed E-state index contributed by atoms with van der Waals surface area (Å²) in [6.07, 6.45) is 7.93. The SMILES string of the molecule is CCO[C@@H]1C[C@H](NCc2csc(N(C(C)=O)c3ccc(Cl)cc3)n2)C12CCCCC2. The fourth-order valence-corrected chi connectivity index (χ4v) is 6.09. The van der Waals surface area contributed by atoms with Crippen LogP contribution in [0.5, 0.6) is 0 Å². The second kappa shape index (κ2) is 9.35. The predicted molar refractivity (Wildman–Crippen MR) is 123 cm³/mol. The third kappa shape index (κ3) is 4.28. The van der Waals surface area contributed by atoms with Crippen molar-refractivity contribution in [3.8, 4) is 0 Å². The van der Waals surface area contributed by atoms with E-state index in [0.717, 1.165) is 24.4 Å². The summed E-state index contributed by atoms with van der Waals surface area (Å²) in [7, 11) is 0. The highest BCUT2D eigenvalue weighted by Crippen LogP contribution is 2.53. The van der Waals surface area contributed by atoms with Crippen LogP contribution in [-0.2, 0) is 16.1 Å². The molecule has 2 saturated carbocycles. The highest BCUT2D eigenvalue weighted by Gasteiger charge is 2.55. The molecular formula is C23H30ClN3O2S. The number of hydrogen-bond donors (Lipinski definition) is 1. The van der Waals surface area contributed by atoms with Crippen LogP contribution in [0, 0.1) is 5.41 Å². The van der Waals surface area contributed by atoms with Gasteiger partial charge in [0.25, 0.3) is 0 Å².